The number of amides is 4. The van der Waals surface area contributed by atoms with Gasteiger partial charge in [0.1, 0.15) is 23.7 Å². The van der Waals surface area contributed by atoms with Gasteiger partial charge in [-0.15, -0.1) is 11.8 Å². The van der Waals surface area contributed by atoms with E-state index in [-0.39, 0.29) is 5.56 Å². The standard InChI is InChI=1S/C21H21F2N3O3S/c1-13-3-6-15(7-4-13)30-10-9-24-18(27)12-26-19(28)21(2,25-20(26)29)16-11-14(22)5-8-17(16)23/h3-8,11H,9-10,12H2,1-2H3,(H,24,27)(H,25,29)/t21-/m0/s1. The molecule has 0 saturated carbocycles. The van der Waals surface area contributed by atoms with E-state index in [9.17, 15) is 23.2 Å². The predicted molar refractivity (Wildman–Crippen MR) is 109 cm³/mol. The first kappa shape index (κ1) is 21.8. The lowest BCUT2D eigenvalue weighted by Crippen LogP contribution is -2.44. The van der Waals surface area contributed by atoms with E-state index in [0.29, 0.717) is 17.2 Å². The number of halogens is 2. The first-order valence-electron chi connectivity index (χ1n) is 9.26. The summed E-state index contributed by atoms with van der Waals surface area (Å²) in [5.41, 5.74) is -0.922. The number of imide groups is 1. The van der Waals surface area contributed by atoms with Crippen LogP contribution in [0.5, 0.6) is 0 Å². The molecule has 3 rings (SSSR count). The fourth-order valence-electron chi connectivity index (χ4n) is 3.10. The first-order chi connectivity index (χ1) is 14.2. The highest BCUT2D eigenvalue weighted by molar-refractivity contribution is 7.99. The third-order valence-corrected chi connectivity index (χ3v) is 5.77. The maximum atomic E-state index is 14.2. The number of urea groups is 1. The molecule has 0 spiro atoms. The second-order valence-corrected chi connectivity index (χ2v) is 8.25. The minimum absolute atomic E-state index is 0.293. The molecule has 2 aromatic rings. The van der Waals surface area contributed by atoms with Crippen molar-refractivity contribution in [1.82, 2.24) is 15.5 Å². The zero-order valence-corrected chi connectivity index (χ0v) is 17.3. The molecule has 6 nitrogen and oxygen atoms in total. The molecule has 1 aliphatic rings. The van der Waals surface area contributed by atoms with Crippen LogP contribution in [-0.4, -0.2) is 41.6 Å². The molecule has 0 unspecified atom stereocenters. The van der Waals surface area contributed by atoms with Crippen molar-refractivity contribution in [2.45, 2.75) is 24.3 Å². The quantitative estimate of drug-likeness (QED) is 0.400. The van der Waals surface area contributed by atoms with Gasteiger partial charge in [0.2, 0.25) is 5.91 Å². The molecule has 2 N–H and O–H groups in total. The van der Waals surface area contributed by atoms with Crippen LogP contribution in [0.25, 0.3) is 0 Å². The van der Waals surface area contributed by atoms with Crippen molar-refractivity contribution in [3.63, 3.8) is 0 Å². The van der Waals surface area contributed by atoms with Crippen LogP contribution in [0.2, 0.25) is 0 Å². The van der Waals surface area contributed by atoms with Gasteiger partial charge in [-0.25, -0.2) is 13.6 Å². The van der Waals surface area contributed by atoms with Crippen LogP contribution in [0.1, 0.15) is 18.1 Å². The largest absolute Gasteiger partial charge is 0.354 e. The van der Waals surface area contributed by atoms with Crippen molar-refractivity contribution in [2.24, 2.45) is 0 Å². The summed E-state index contributed by atoms with van der Waals surface area (Å²) in [5.74, 6) is -2.29. The molecular weight excluding hydrogens is 412 g/mol. The summed E-state index contributed by atoms with van der Waals surface area (Å²) in [4.78, 5) is 38.9. The lowest BCUT2D eigenvalue weighted by molar-refractivity contribution is -0.134. The Morgan fingerprint density at radius 3 is 2.57 bits per heavy atom. The number of thioether (sulfide) groups is 1. The number of benzene rings is 2. The van der Waals surface area contributed by atoms with Crippen molar-refractivity contribution in [3.8, 4) is 0 Å². The Morgan fingerprint density at radius 2 is 1.87 bits per heavy atom. The van der Waals surface area contributed by atoms with Gasteiger partial charge < -0.3 is 10.6 Å². The molecule has 1 heterocycles. The molecule has 0 aromatic heterocycles. The van der Waals surface area contributed by atoms with Crippen LogP contribution in [0, 0.1) is 18.6 Å². The third-order valence-electron chi connectivity index (χ3n) is 4.76. The second-order valence-electron chi connectivity index (χ2n) is 7.08. The van der Waals surface area contributed by atoms with Crippen LogP contribution in [0.3, 0.4) is 0 Å². The van der Waals surface area contributed by atoms with Gasteiger partial charge in [-0.3, -0.25) is 14.5 Å². The highest BCUT2D eigenvalue weighted by atomic mass is 32.2. The third kappa shape index (κ3) is 4.62. The fourth-order valence-corrected chi connectivity index (χ4v) is 3.87. The molecule has 158 valence electrons. The summed E-state index contributed by atoms with van der Waals surface area (Å²) in [6, 6.07) is 9.80. The van der Waals surface area contributed by atoms with Gasteiger partial charge in [0.25, 0.3) is 5.91 Å². The zero-order chi connectivity index (χ0) is 21.9. The molecule has 9 heteroatoms. The molecular formula is C21H21F2N3O3S. The number of nitrogens with zero attached hydrogens (tertiary/aromatic N) is 1. The van der Waals surface area contributed by atoms with Crippen LogP contribution in [-0.2, 0) is 15.1 Å². The first-order valence-corrected chi connectivity index (χ1v) is 10.2. The molecule has 0 aliphatic carbocycles. The Kier molecular flexibility index (Phi) is 6.40. The summed E-state index contributed by atoms with van der Waals surface area (Å²) in [5, 5.41) is 5.01. The van der Waals surface area contributed by atoms with Crippen LogP contribution in [0.4, 0.5) is 13.6 Å². The highest BCUT2D eigenvalue weighted by Gasteiger charge is 2.50. The van der Waals surface area contributed by atoms with Crippen molar-refractivity contribution < 1.29 is 23.2 Å². The zero-order valence-electron chi connectivity index (χ0n) is 16.5. The molecule has 0 bridgehead atoms. The number of hydrogen-bond donors (Lipinski definition) is 2. The van der Waals surface area contributed by atoms with E-state index in [1.165, 1.54) is 6.92 Å². The summed E-state index contributed by atoms with van der Waals surface area (Å²) in [6.07, 6.45) is 0. The number of carbonyl (C=O) groups excluding carboxylic acids is 3. The van der Waals surface area contributed by atoms with E-state index < -0.39 is 41.6 Å². The Labute approximate surface area is 177 Å². The van der Waals surface area contributed by atoms with Crippen LogP contribution in [0.15, 0.2) is 47.4 Å². The number of nitrogens with one attached hydrogen (secondary N) is 2. The lowest BCUT2D eigenvalue weighted by Gasteiger charge is -2.22. The molecule has 1 atom stereocenters. The average Bonchev–Trinajstić information content (AvgIpc) is 2.92. The van der Waals surface area contributed by atoms with E-state index in [0.717, 1.165) is 28.7 Å². The topological polar surface area (TPSA) is 78.5 Å². The monoisotopic (exact) mass is 433 g/mol. The summed E-state index contributed by atoms with van der Waals surface area (Å²) < 4.78 is 27.7. The Hall–Kier alpha value is -2.94. The normalized spacial score (nSPS) is 18.5. The van der Waals surface area contributed by atoms with E-state index in [2.05, 4.69) is 10.6 Å². The highest BCUT2D eigenvalue weighted by Crippen LogP contribution is 2.31. The van der Waals surface area contributed by atoms with E-state index in [1.54, 1.807) is 11.8 Å². The van der Waals surface area contributed by atoms with Gasteiger partial charge in [0.15, 0.2) is 0 Å². The van der Waals surface area contributed by atoms with Gasteiger partial charge >= 0.3 is 6.03 Å². The molecule has 0 radical (unpaired) electrons. The molecule has 1 aliphatic heterocycles. The van der Waals surface area contributed by atoms with Crippen molar-refractivity contribution in [3.05, 3.63) is 65.2 Å². The van der Waals surface area contributed by atoms with Crippen LogP contribution >= 0.6 is 11.8 Å². The van der Waals surface area contributed by atoms with Crippen molar-refractivity contribution in [2.75, 3.05) is 18.8 Å². The summed E-state index contributed by atoms with van der Waals surface area (Å²) in [6.45, 7) is 3.11. The van der Waals surface area contributed by atoms with Crippen molar-refractivity contribution >= 4 is 29.6 Å². The van der Waals surface area contributed by atoms with E-state index in [1.807, 2.05) is 31.2 Å². The fraction of sp³-hybridized carbons (Fsp3) is 0.286. The number of carbonyl (C=O) groups is 3. The van der Waals surface area contributed by atoms with Crippen LogP contribution < -0.4 is 10.6 Å². The molecule has 30 heavy (non-hydrogen) atoms. The van der Waals surface area contributed by atoms with E-state index in [4.69, 9.17) is 0 Å². The summed E-state index contributed by atoms with van der Waals surface area (Å²) in [7, 11) is 0. The molecule has 4 amide bonds. The number of aryl methyl sites for hydroxylation is 1. The average molecular weight is 433 g/mol. The molecule has 1 fully saturated rings. The Morgan fingerprint density at radius 1 is 1.17 bits per heavy atom. The molecule has 2 aromatic carbocycles. The number of rotatable bonds is 7. The molecule has 1 saturated heterocycles. The second kappa shape index (κ2) is 8.83. The van der Waals surface area contributed by atoms with E-state index >= 15 is 0 Å². The minimum Gasteiger partial charge on any atom is -0.354 e. The van der Waals surface area contributed by atoms with Gasteiger partial charge in [-0.05, 0) is 44.2 Å². The lowest BCUT2D eigenvalue weighted by atomic mass is 9.91. The van der Waals surface area contributed by atoms with Crippen molar-refractivity contribution in [1.29, 1.82) is 0 Å². The number of hydrogen-bond acceptors (Lipinski definition) is 4. The van der Waals surface area contributed by atoms with Gasteiger partial charge in [-0.1, -0.05) is 17.7 Å². The maximum Gasteiger partial charge on any atom is 0.325 e. The van der Waals surface area contributed by atoms with Gasteiger partial charge in [-0.2, -0.15) is 0 Å². The SMILES string of the molecule is Cc1ccc(SCCNC(=O)CN2C(=O)N[C@@](C)(c3cc(F)ccc3F)C2=O)cc1. The van der Waals surface area contributed by atoms with Gasteiger partial charge in [0.05, 0.1) is 0 Å². The van der Waals surface area contributed by atoms with Gasteiger partial charge in [0, 0.05) is 22.8 Å². The predicted octanol–water partition coefficient (Wildman–Crippen LogP) is 2.95. The Balaban J connectivity index is 1.56. The minimum atomic E-state index is -1.79. The summed E-state index contributed by atoms with van der Waals surface area (Å²) >= 11 is 1.56. The maximum absolute atomic E-state index is 14.2. The smallest absolute Gasteiger partial charge is 0.325 e. The Bertz CT molecular complexity index is 984.